The second-order valence-electron chi connectivity index (χ2n) is 7.57. The molecule has 2 aromatic carbocycles. The normalized spacial score (nSPS) is 16.9. The van der Waals surface area contributed by atoms with Gasteiger partial charge in [0.25, 0.3) is 0 Å². The Bertz CT molecular complexity index is 987. The van der Waals surface area contributed by atoms with Gasteiger partial charge in [0.05, 0.1) is 34.2 Å². The number of hydrogen-bond acceptors (Lipinski definition) is 6. The number of benzene rings is 2. The van der Waals surface area contributed by atoms with E-state index in [9.17, 15) is 4.79 Å². The van der Waals surface area contributed by atoms with Gasteiger partial charge in [0.15, 0.2) is 0 Å². The van der Waals surface area contributed by atoms with Gasteiger partial charge in [-0.3, -0.25) is 4.79 Å². The Morgan fingerprint density at radius 3 is 2.70 bits per heavy atom. The number of halogens is 2. The van der Waals surface area contributed by atoms with E-state index in [4.69, 9.17) is 33.9 Å². The number of amidine groups is 1. The Hall–Kier alpha value is -2.48. The van der Waals surface area contributed by atoms with E-state index in [0.717, 1.165) is 48.7 Å². The highest BCUT2D eigenvalue weighted by Crippen LogP contribution is 2.41. The minimum absolute atomic E-state index is 0.00509. The van der Waals surface area contributed by atoms with Crippen molar-refractivity contribution in [3.63, 3.8) is 0 Å². The first kappa shape index (κ1) is 20.8. The molecule has 2 aliphatic heterocycles. The summed E-state index contributed by atoms with van der Waals surface area (Å²) in [5, 5.41) is 14.8. The Morgan fingerprint density at radius 1 is 1.17 bits per heavy atom. The predicted octanol–water partition coefficient (Wildman–Crippen LogP) is 3.26. The van der Waals surface area contributed by atoms with Crippen LogP contribution >= 0.6 is 23.2 Å². The van der Waals surface area contributed by atoms with Crippen LogP contribution in [0, 0.1) is 0 Å². The molecule has 2 heterocycles. The highest BCUT2D eigenvalue weighted by atomic mass is 35.5. The summed E-state index contributed by atoms with van der Waals surface area (Å²) >= 11 is 12.5. The van der Waals surface area contributed by atoms with Crippen LogP contribution < -0.4 is 27.0 Å². The number of carbonyl (C=O) groups excluding carboxylic acids is 1. The zero-order valence-corrected chi connectivity index (χ0v) is 17.9. The second-order valence-corrected chi connectivity index (χ2v) is 8.41. The maximum Gasteiger partial charge on any atom is 0.236 e. The summed E-state index contributed by atoms with van der Waals surface area (Å²) in [5.74, 6) is 0.433. The van der Waals surface area contributed by atoms with Crippen molar-refractivity contribution < 1.29 is 4.79 Å². The first-order valence-corrected chi connectivity index (χ1v) is 10.6. The quantitative estimate of drug-likeness (QED) is 0.484. The summed E-state index contributed by atoms with van der Waals surface area (Å²) in [6, 6.07) is 11.5. The lowest BCUT2D eigenvalue weighted by molar-refractivity contribution is -0.116. The lowest BCUT2D eigenvalue weighted by atomic mass is 9.85. The van der Waals surface area contributed by atoms with Crippen LogP contribution in [-0.2, 0) is 11.3 Å². The van der Waals surface area contributed by atoms with Crippen LogP contribution in [0.1, 0.15) is 18.4 Å². The van der Waals surface area contributed by atoms with E-state index in [2.05, 4.69) is 21.3 Å². The summed E-state index contributed by atoms with van der Waals surface area (Å²) in [7, 11) is 0. The molecule has 1 amide bonds. The van der Waals surface area contributed by atoms with Gasteiger partial charge in [-0.25, -0.2) is 4.99 Å². The maximum atomic E-state index is 11.1. The molecular weight excluding hydrogens is 423 g/mol. The lowest BCUT2D eigenvalue weighted by Gasteiger charge is -2.43. The smallest absolute Gasteiger partial charge is 0.236 e. The van der Waals surface area contributed by atoms with Crippen LogP contribution in [0.3, 0.4) is 0 Å². The number of nitrogens with zero attached hydrogens (tertiary/aromatic N) is 1. The summed E-state index contributed by atoms with van der Waals surface area (Å²) < 4.78 is 0. The number of fused-ring (bicyclic) bond motifs is 1. The van der Waals surface area contributed by atoms with Gasteiger partial charge in [-0.2, -0.15) is 0 Å². The lowest BCUT2D eigenvalue weighted by Crippen LogP contribution is -2.58. The monoisotopic (exact) mass is 446 g/mol. The van der Waals surface area contributed by atoms with Gasteiger partial charge in [0, 0.05) is 11.6 Å². The molecule has 9 heteroatoms. The van der Waals surface area contributed by atoms with Crippen molar-refractivity contribution in [2.24, 2.45) is 10.7 Å². The van der Waals surface area contributed by atoms with Gasteiger partial charge in [-0.05, 0) is 55.8 Å². The van der Waals surface area contributed by atoms with Crippen molar-refractivity contribution in [3.05, 3.63) is 52.0 Å². The molecule has 1 saturated heterocycles. The van der Waals surface area contributed by atoms with E-state index < -0.39 is 5.91 Å². The molecule has 1 spiro atoms. The molecule has 0 unspecified atom stereocenters. The number of aliphatic imine (C=N–C) groups is 1. The third-order valence-corrected chi connectivity index (χ3v) is 5.95. The van der Waals surface area contributed by atoms with Gasteiger partial charge >= 0.3 is 0 Å². The Morgan fingerprint density at radius 2 is 1.97 bits per heavy atom. The van der Waals surface area contributed by atoms with Gasteiger partial charge in [-0.1, -0.05) is 35.3 Å². The molecule has 0 aliphatic carbocycles. The van der Waals surface area contributed by atoms with Crippen LogP contribution in [0.2, 0.25) is 10.0 Å². The Labute approximate surface area is 185 Å². The molecular formula is C21H24Cl2N6O. The van der Waals surface area contributed by atoms with E-state index >= 15 is 0 Å². The van der Waals surface area contributed by atoms with Crippen molar-refractivity contribution in [1.29, 1.82) is 0 Å². The van der Waals surface area contributed by atoms with Gasteiger partial charge < -0.3 is 27.0 Å². The predicted molar refractivity (Wildman–Crippen MR) is 123 cm³/mol. The summed E-state index contributed by atoms with van der Waals surface area (Å²) in [4.78, 5) is 16.1. The average molecular weight is 447 g/mol. The number of primary amides is 1. The number of nitrogens with one attached hydrogen (secondary N) is 4. The fourth-order valence-electron chi connectivity index (χ4n) is 3.87. The topological polar surface area (TPSA) is 104 Å². The fraction of sp³-hybridized carbons (Fsp3) is 0.333. The molecule has 0 bridgehead atoms. The highest BCUT2D eigenvalue weighted by molar-refractivity contribution is 6.34. The van der Waals surface area contributed by atoms with Crippen molar-refractivity contribution in [2.75, 3.05) is 30.3 Å². The van der Waals surface area contributed by atoms with Crippen molar-refractivity contribution in [3.8, 4) is 0 Å². The van der Waals surface area contributed by atoms with Crippen LogP contribution in [0.25, 0.3) is 0 Å². The van der Waals surface area contributed by atoms with Crippen LogP contribution in [0.5, 0.6) is 0 Å². The zero-order valence-electron chi connectivity index (χ0n) is 16.4. The average Bonchev–Trinajstić information content (AvgIpc) is 2.72. The number of amides is 1. The number of rotatable bonds is 5. The minimum Gasteiger partial charge on any atom is -0.375 e. The van der Waals surface area contributed by atoms with E-state index in [1.807, 2.05) is 36.4 Å². The van der Waals surface area contributed by atoms with E-state index in [0.29, 0.717) is 22.3 Å². The first-order chi connectivity index (χ1) is 14.4. The van der Waals surface area contributed by atoms with Crippen molar-refractivity contribution >= 4 is 52.0 Å². The highest BCUT2D eigenvalue weighted by Gasteiger charge is 2.40. The third-order valence-electron chi connectivity index (χ3n) is 5.40. The van der Waals surface area contributed by atoms with Crippen LogP contribution in [-0.4, -0.2) is 36.9 Å². The number of anilines is 2. The molecule has 0 atom stereocenters. The number of piperidine rings is 1. The number of nitrogens with two attached hydrogens (primary N) is 1. The van der Waals surface area contributed by atoms with E-state index in [1.54, 1.807) is 0 Å². The number of carbonyl (C=O) groups is 1. The summed E-state index contributed by atoms with van der Waals surface area (Å²) in [5.41, 5.74) is 8.28. The van der Waals surface area contributed by atoms with Crippen LogP contribution in [0.4, 0.5) is 17.1 Å². The number of hydrogen-bond donors (Lipinski definition) is 5. The van der Waals surface area contributed by atoms with Gasteiger partial charge in [0.1, 0.15) is 5.84 Å². The Balaban J connectivity index is 1.65. The molecule has 0 aromatic heterocycles. The first-order valence-electron chi connectivity index (χ1n) is 9.87. The Kier molecular flexibility index (Phi) is 6.04. The third kappa shape index (κ3) is 4.48. The molecule has 7 nitrogen and oxygen atoms in total. The van der Waals surface area contributed by atoms with Crippen LogP contribution in [0.15, 0.2) is 41.4 Å². The molecule has 1 fully saturated rings. The summed E-state index contributed by atoms with van der Waals surface area (Å²) in [6.07, 6.45) is 1.79. The SMILES string of the molecule is NC(=O)CNc1cc2c(cc1Cl)NC1(CCNCC1)C(NCc1cccc(Cl)c1)=N2. The van der Waals surface area contributed by atoms with E-state index in [-0.39, 0.29) is 12.1 Å². The molecule has 158 valence electrons. The molecule has 0 radical (unpaired) electrons. The molecule has 4 rings (SSSR count). The molecule has 6 N–H and O–H groups in total. The maximum absolute atomic E-state index is 11.1. The molecule has 2 aliphatic rings. The molecule has 0 saturated carbocycles. The van der Waals surface area contributed by atoms with Crippen molar-refractivity contribution in [1.82, 2.24) is 10.6 Å². The fourth-order valence-corrected chi connectivity index (χ4v) is 4.32. The standard InChI is InChI=1S/C21H24Cl2N6O/c22-14-3-1-2-13(8-14)11-27-20-21(4-6-25-7-5-21)29-18-9-15(23)16(10-17(18)28-20)26-12-19(24)30/h1-3,8-10,25-26,29H,4-7,11-12H2,(H2,24,30)(H,27,28). The van der Waals surface area contributed by atoms with Gasteiger partial charge in [-0.15, -0.1) is 0 Å². The van der Waals surface area contributed by atoms with E-state index in [1.165, 1.54) is 0 Å². The molecule has 30 heavy (non-hydrogen) atoms. The molecule has 2 aromatic rings. The minimum atomic E-state index is -0.456. The second kappa shape index (κ2) is 8.71. The summed E-state index contributed by atoms with van der Waals surface area (Å²) in [6.45, 7) is 2.41. The largest absolute Gasteiger partial charge is 0.375 e. The van der Waals surface area contributed by atoms with Crippen molar-refractivity contribution in [2.45, 2.75) is 24.9 Å². The van der Waals surface area contributed by atoms with Gasteiger partial charge in [0.2, 0.25) is 5.91 Å². The zero-order chi connectivity index (χ0) is 21.1.